The molecule has 1 aromatic rings. The van der Waals surface area contributed by atoms with Gasteiger partial charge in [-0.3, -0.25) is 0 Å². The van der Waals surface area contributed by atoms with Crippen LogP contribution in [0.25, 0.3) is 0 Å². The Labute approximate surface area is 76.0 Å². The molecule has 0 atom stereocenters. The van der Waals surface area contributed by atoms with E-state index >= 15 is 0 Å². The van der Waals surface area contributed by atoms with Crippen LogP contribution in [0.5, 0.6) is 0 Å². The Morgan fingerprint density at radius 1 is 1.38 bits per heavy atom. The molecule has 0 aliphatic rings. The van der Waals surface area contributed by atoms with Crippen molar-refractivity contribution in [1.82, 2.24) is 0 Å². The van der Waals surface area contributed by atoms with Gasteiger partial charge in [-0.2, -0.15) is 0 Å². The molecule has 0 saturated heterocycles. The van der Waals surface area contributed by atoms with Crippen molar-refractivity contribution in [3.05, 3.63) is 35.6 Å². The van der Waals surface area contributed by atoms with Crippen LogP contribution in [-0.4, -0.2) is 19.4 Å². The number of halogens is 1. The third kappa shape index (κ3) is 3.66. The fourth-order valence-electron chi connectivity index (χ4n) is 0.752. The summed E-state index contributed by atoms with van der Waals surface area (Å²) in [7, 11) is 0. The Hall–Kier alpha value is -1.42. The fraction of sp³-hybridized carbons (Fsp3) is 0.222. The molecule has 0 fully saturated rings. The van der Waals surface area contributed by atoms with Crippen LogP contribution in [0.15, 0.2) is 29.4 Å². The lowest BCUT2D eigenvalue weighted by Crippen LogP contribution is -2.05. The Morgan fingerprint density at radius 2 is 2.08 bits per heavy atom. The minimum atomic E-state index is -0.264. The molecule has 70 valence electrons. The lowest BCUT2D eigenvalue weighted by atomic mass is 10.2. The van der Waals surface area contributed by atoms with Gasteiger partial charge in [-0.1, -0.05) is 17.3 Å². The smallest absolute Gasteiger partial charge is 0.129 e. The molecule has 1 aromatic carbocycles. The summed E-state index contributed by atoms with van der Waals surface area (Å²) >= 11 is 0. The van der Waals surface area contributed by atoms with Gasteiger partial charge in [-0.15, -0.1) is 0 Å². The van der Waals surface area contributed by atoms with Gasteiger partial charge in [0.2, 0.25) is 0 Å². The van der Waals surface area contributed by atoms with E-state index in [9.17, 15) is 4.39 Å². The first-order chi connectivity index (χ1) is 6.33. The van der Waals surface area contributed by atoms with E-state index in [1.54, 1.807) is 12.1 Å². The zero-order valence-corrected chi connectivity index (χ0v) is 7.11. The van der Waals surface area contributed by atoms with Gasteiger partial charge in [0, 0.05) is 6.54 Å². The standard InChI is InChI=1S/C9H11FN2O/c10-9-3-1-8(2-4-9)7-12-13-6-5-11/h1-4,7H,5-6,11H2. The predicted octanol–water partition coefficient (Wildman–Crippen LogP) is 1.13. The molecule has 0 aliphatic carbocycles. The Kier molecular flexibility index (Phi) is 3.92. The van der Waals surface area contributed by atoms with Crippen molar-refractivity contribution in [2.24, 2.45) is 10.9 Å². The minimum absolute atomic E-state index is 0.264. The van der Waals surface area contributed by atoms with E-state index in [4.69, 9.17) is 10.6 Å². The zero-order valence-electron chi connectivity index (χ0n) is 7.11. The van der Waals surface area contributed by atoms with Crippen LogP contribution in [-0.2, 0) is 4.84 Å². The third-order valence-electron chi connectivity index (χ3n) is 1.36. The van der Waals surface area contributed by atoms with E-state index in [1.165, 1.54) is 18.3 Å². The zero-order chi connectivity index (χ0) is 9.52. The summed E-state index contributed by atoms with van der Waals surface area (Å²) in [5.74, 6) is -0.264. The second kappa shape index (κ2) is 5.27. The largest absolute Gasteiger partial charge is 0.394 e. The Morgan fingerprint density at radius 3 is 2.69 bits per heavy atom. The van der Waals surface area contributed by atoms with Gasteiger partial charge < -0.3 is 10.6 Å². The lowest BCUT2D eigenvalue weighted by molar-refractivity contribution is 0.154. The van der Waals surface area contributed by atoms with Crippen molar-refractivity contribution in [2.75, 3.05) is 13.2 Å². The van der Waals surface area contributed by atoms with Crippen LogP contribution in [0, 0.1) is 5.82 Å². The maximum absolute atomic E-state index is 12.4. The second-order valence-electron chi connectivity index (χ2n) is 2.41. The maximum Gasteiger partial charge on any atom is 0.129 e. The van der Waals surface area contributed by atoms with Gasteiger partial charge in [0.15, 0.2) is 0 Å². The molecule has 0 aliphatic heterocycles. The van der Waals surface area contributed by atoms with Crippen molar-refractivity contribution in [2.45, 2.75) is 0 Å². The number of hydrogen-bond acceptors (Lipinski definition) is 3. The van der Waals surface area contributed by atoms with E-state index in [0.29, 0.717) is 13.2 Å². The maximum atomic E-state index is 12.4. The van der Waals surface area contributed by atoms with Gasteiger partial charge in [-0.25, -0.2) is 4.39 Å². The first kappa shape index (κ1) is 9.67. The highest BCUT2D eigenvalue weighted by molar-refractivity contribution is 5.78. The van der Waals surface area contributed by atoms with Gasteiger partial charge >= 0.3 is 0 Å². The number of oxime groups is 1. The minimum Gasteiger partial charge on any atom is -0.394 e. The molecule has 0 spiro atoms. The lowest BCUT2D eigenvalue weighted by Gasteiger charge is -1.94. The molecule has 1 rings (SSSR count). The molecule has 0 bridgehead atoms. The highest BCUT2D eigenvalue weighted by atomic mass is 19.1. The van der Waals surface area contributed by atoms with E-state index in [2.05, 4.69) is 5.16 Å². The fourth-order valence-corrected chi connectivity index (χ4v) is 0.752. The average Bonchev–Trinajstić information content (AvgIpc) is 2.15. The van der Waals surface area contributed by atoms with Crippen LogP contribution >= 0.6 is 0 Å². The SMILES string of the molecule is NCCON=Cc1ccc(F)cc1. The Bertz CT molecular complexity index is 271. The second-order valence-corrected chi connectivity index (χ2v) is 2.41. The van der Waals surface area contributed by atoms with Crippen LogP contribution in [0.1, 0.15) is 5.56 Å². The van der Waals surface area contributed by atoms with Crippen molar-refractivity contribution >= 4 is 6.21 Å². The molecular formula is C9H11FN2O. The normalized spacial score (nSPS) is 10.6. The summed E-state index contributed by atoms with van der Waals surface area (Å²) < 4.78 is 12.4. The predicted molar refractivity (Wildman–Crippen MR) is 49.0 cm³/mol. The number of nitrogens with two attached hydrogens (primary N) is 1. The molecule has 0 unspecified atom stereocenters. The number of benzene rings is 1. The van der Waals surface area contributed by atoms with Crippen molar-refractivity contribution in [3.63, 3.8) is 0 Å². The van der Waals surface area contributed by atoms with Crippen molar-refractivity contribution < 1.29 is 9.23 Å². The van der Waals surface area contributed by atoms with E-state index in [-0.39, 0.29) is 5.82 Å². The van der Waals surface area contributed by atoms with E-state index in [0.717, 1.165) is 5.56 Å². The molecule has 0 aromatic heterocycles. The molecule has 4 heteroatoms. The summed E-state index contributed by atoms with van der Waals surface area (Å²) in [6, 6.07) is 5.96. The van der Waals surface area contributed by atoms with Crippen LogP contribution in [0.2, 0.25) is 0 Å². The molecule has 0 amide bonds. The van der Waals surface area contributed by atoms with E-state index < -0.39 is 0 Å². The monoisotopic (exact) mass is 182 g/mol. The molecule has 0 heterocycles. The van der Waals surface area contributed by atoms with Crippen molar-refractivity contribution in [3.8, 4) is 0 Å². The van der Waals surface area contributed by atoms with Crippen LogP contribution in [0.4, 0.5) is 4.39 Å². The van der Waals surface area contributed by atoms with Gasteiger partial charge in [0.25, 0.3) is 0 Å². The topological polar surface area (TPSA) is 47.6 Å². The van der Waals surface area contributed by atoms with Crippen LogP contribution < -0.4 is 5.73 Å². The van der Waals surface area contributed by atoms with Crippen molar-refractivity contribution in [1.29, 1.82) is 0 Å². The highest BCUT2D eigenvalue weighted by Crippen LogP contribution is 1.99. The molecular weight excluding hydrogens is 171 g/mol. The summed E-state index contributed by atoms with van der Waals surface area (Å²) in [5, 5.41) is 3.63. The summed E-state index contributed by atoms with van der Waals surface area (Å²) in [4.78, 5) is 4.77. The first-order valence-corrected chi connectivity index (χ1v) is 3.94. The van der Waals surface area contributed by atoms with Crippen LogP contribution in [0.3, 0.4) is 0 Å². The molecule has 0 radical (unpaired) electrons. The van der Waals surface area contributed by atoms with Gasteiger partial charge in [0.1, 0.15) is 12.4 Å². The summed E-state index contributed by atoms with van der Waals surface area (Å²) in [6.07, 6.45) is 1.51. The molecule has 13 heavy (non-hydrogen) atoms. The summed E-state index contributed by atoms with van der Waals surface area (Å²) in [5.41, 5.74) is 5.97. The third-order valence-corrected chi connectivity index (χ3v) is 1.36. The number of nitrogens with zero attached hydrogens (tertiary/aromatic N) is 1. The summed E-state index contributed by atoms with van der Waals surface area (Å²) in [6.45, 7) is 0.818. The van der Waals surface area contributed by atoms with Gasteiger partial charge in [0.05, 0.1) is 6.21 Å². The van der Waals surface area contributed by atoms with E-state index in [1.807, 2.05) is 0 Å². The Balaban J connectivity index is 2.44. The quantitative estimate of drug-likeness (QED) is 0.431. The van der Waals surface area contributed by atoms with Gasteiger partial charge in [-0.05, 0) is 17.7 Å². The average molecular weight is 182 g/mol. The number of rotatable bonds is 4. The molecule has 3 nitrogen and oxygen atoms in total. The first-order valence-electron chi connectivity index (χ1n) is 3.94. The molecule has 0 saturated carbocycles. The highest BCUT2D eigenvalue weighted by Gasteiger charge is 1.88. The number of hydrogen-bond donors (Lipinski definition) is 1. The molecule has 2 N–H and O–H groups in total.